The van der Waals surface area contributed by atoms with Gasteiger partial charge in [-0.3, -0.25) is 9.59 Å². The van der Waals surface area contributed by atoms with Gasteiger partial charge in [-0.25, -0.2) is 0 Å². The molecule has 0 spiro atoms. The normalized spacial score (nSPS) is 13.0. The Morgan fingerprint density at radius 3 is 2.79 bits per heavy atom. The number of nitrogens with zero attached hydrogens (tertiary/aromatic N) is 1. The van der Waals surface area contributed by atoms with Crippen LogP contribution in [0.2, 0.25) is 0 Å². The lowest BCUT2D eigenvalue weighted by Crippen LogP contribution is -2.29. The summed E-state index contributed by atoms with van der Waals surface area (Å²) in [5.41, 5.74) is 1.38. The Labute approximate surface area is 167 Å². The van der Waals surface area contributed by atoms with Gasteiger partial charge in [0.2, 0.25) is 5.91 Å². The summed E-state index contributed by atoms with van der Waals surface area (Å²) >= 11 is 1.27. The van der Waals surface area contributed by atoms with Crippen molar-refractivity contribution < 1.29 is 14.0 Å². The molecule has 2 heterocycles. The van der Waals surface area contributed by atoms with E-state index in [1.54, 1.807) is 35.4 Å². The van der Waals surface area contributed by atoms with Gasteiger partial charge in [-0.2, -0.15) is 0 Å². The summed E-state index contributed by atoms with van der Waals surface area (Å²) in [6, 6.07) is 14.4. The van der Waals surface area contributed by atoms with Gasteiger partial charge in [-0.15, -0.1) is 17.8 Å². The van der Waals surface area contributed by atoms with Crippen molar-refractivity contribution in [1.29, 1.82) is 0 Å². The minimum atomic E-state index is -0.178. The van der Waals surface area contributed by atoms with Crippen LogP contribution in [0.15, 0.2) is 59.2 Å². The Balaban J connectivity index is 1.60. The second-order valence-corrected chi connectivity index (χ2v) is 7.68. The molecule has 1 aliphatic carbocycles. The standard InChI is InChI=1S/C22H18N2O3S/c1-2-15-5-3-6-17(13-15)24(14-18-7-4-12-27-18)22(26)19-10-11-20(28-19)23-21(25)16-8-9-16/h1,3-7,10-13,16H,8-9,14H2,(H,23,25). The molecular weight excluding hydrogens is 372 g/mol. The van der Waals surface area contributed by atoms with E-state index < -0.39 is 0 Å². The van der Waals surface area contributed by atoms with Gasteiger partial charge in [-0.05, 0) is 55.3 Å². The zero-order valence-electron chi connectivity index (χ0n) is 15.1. The maximum absolute atomic E-state index is 13.2. The van der Waals surface area contributed by atoms with Gasteiger partial charge in [0, 0.05) is 17.2 Å². The van der Waals surface area contributed by atoms with Crippen LogP contribution < -0.4 is 10.2 Å². The lowest BCUT2D eigenvalue weighted by Gasteiger charge is -2.21. The summed E-state index contributed by atoms with van der Waals surface area (Å²) in [6.07, 6.45) is 8.96. The van der Waals surface area contributed by atoms with Crippen LogP contribution in [0.5, 0.6) is 0 Å². The summed E-state index contributed by atoms with van der Waals surface area (Å²) in [5, 5.41) is 3.56. The quantitative estimate of drug-likeness (QED) is 0.630. The molecule has 0 saturated heterocycles. The van der Waals surface area contributed by atoms with Gasteiger partial charge in [-0.1, -0.05) is 12.0 Å². The number of furan rings is 1. The Morgan fingerprint density at radius 1 is 1.21 bits per heavy atom. The largest absolute Gasteiger partial charge is 0.467 e. The highest BCUT2D eigenvalue weighted by atomic mass is 32.1. The fourth-order valence-electron chi connectivity index (χ4n) is 2.82. The first-order chi connectivity index (χ1) is 13.6. The average molecular weight is 390 g/mol. The number of hydrogen-bond donors (Lipinski definition) is 1. The molecule has 1 fully saturated rings. The van der Waals surface area contributed by atoms with E-state index in [1.807, 2.05) is 24.3 Å². The van der Waals surface area contributed by atoms with E-state index in [9.17, 15) is 9.59 Å². The summed E-state index contributed by atoms with van der Waals surface area (Å²) in [7, 11) is 0. The van der Waals surface area contributed by atoms with Gasteiger partial charge in [0.15, 0.2) is 0 Å². The number of benzene rings is 1. The maximum atomic E-state index is 13.2. The van der Waals surface area contributed by atoms with Crippen LogP contribution in [0.3, 0.4) is 0 Å². The van der Waals surface area contributed by atoms with E-state index in [-0.39, 0.29) is 24.3 Å². The molecule has 0 atom stereocenters. The third-order valence-electron chi connectivity index (χ3n) is 4.48. The van der Waals surface area contributed by atoms with Crippen LogP contribution in [-0.4, -0.2) is 11.8 Å². The zero-order valence-corrected chi connectivity index (χ0v) is 15.9. The highest BCUT2D eigenvalue weighted by molar-refractivity contribution is 7.18. The molecule has 3 aromatic rings. The minimum absolute atomic E-state index is 0.0232. The molecule has 28 heavy (non-hydrogen) atoms. The van der Waals surface area contributed by atoms with Crippen molar-refractivity contribution in [2.75, 3.05) is 10.2 Å². The Bertz CT molecular complexity index is 1040. The van der Waals surface area contributed by atoms with Gasteiger partial charge in [0.1, 0.15) is 5.76 Å². The van der Waals surface area contributed by atoms with Crippen molar-refractivity contribution >= 4 is 33.8 Å². The van der Waals surface area contributed by atoms with Crippen molar-refractivity contribution in [2.45, 2.75) is 19.4 Å². The molecule has 0 aliphatic heterocycles. The number of carbonyl (C=O) groups is 2. The highest BCUT2D eigenvalue weighted by Crippen LogP contribution is 2.32. The van der Waals surface area contributed by atoms with E-state index in [0.717, 1.165) is 12.8 Å². The van der Waals surface area contributed by atoms with Crippen molar-refractivity contribution in [2.24, 2.45) is 5.92 Å². The van der Waals surface area contributed by atoms with E-state index in [1.165, 1.54) is 11.3 Å². The first kappa shape index (κ1) is 18.1. The lowest BCUT2D eigenvalue weighted by atomic mass is 10.2. The Morgan fingerprint density at radius 2 is 2.07 bits per heavy atom. The summed E-state index contributed by atoms with van der Waals surface area (Å²) in [4.78, 5) is 27.4. The number of hydrogen-bond acceptors (Lipinski definition) is 4. The molecular formula is C22H18N2O3S. The van der Waals surface area contributed by atoms with E-state index >= 15 is 0 Å². The molecule has 1 aliphatic rings. The molecule has 0 unspecified atom stereocenters. The first-order valence-electron chi connectivity index (χ1n) is 8.95. The van der Waals surface area contributed by atoms with Crippen molar-refractivity contribution in [3.8, 4) is 12.3 Å². The number of nitrogens with one attached hydrogen (secondary N) is 1. The molecule has 2 aromatic heterocycles. The number of anilines is 2. The minimum Gasteiger partial charge on any atom is -0.467 e. The molecule has 4 rings (SSSR count). The summed E-state index contributed by atoms with van der Waals surface area (Å²) < 4.78 is 5.43. The SMILES string of the molecule is C#Cc1cccc(N(Cc2ccco2)C(=O)c2ccc(NC(=O)C3CC3)s2)c1. The van der Waals surface area contributed by atoms with Gasteiger partial charge in [0.05, 0.1) is 22.7 Å². The Kier molecular flexibility index (Phi) is 5.00. The summed E-state index contributed by atoms with van der Waals surface area (Å²) in [5.74, 6) is 3.22. The molecule has 0 bridgehead atoms. The van der Waals surface area contributed by atoms with Gasteiger partial charge >= 0.3 is 0 Å². The topological polar surface area (TPSA) is 62.6 Å². The first-order valence-corrected chi connectivity index (χ1v) is 9.77. The number of rotatable bonds is 6. The molecule has 1 N–H and O–H groups in total. The van der Waals surface area contributed by atoms with Crippen LogP contribution in [0.4, 0.5) is 10.7 Å². The second-order valence-electron chi connectivity index (χ2n) is 6.59. The number of carbonyl (C=O) groups excluding carboxylic acids is 2. The van der Waals surface area contributed by atoms with E-state index in [0.29, 0.717) is 26.9 Å². The van der Waals surface area contributed by atoms with Crippen LogP contribution in [0.1, 0.15) is 33.8 Å². The Hall–Kier alpha value is -3.30. The monoisotopic (exact) mass is 390 g/mol. The molecule has 5 nitrogen and oxygen atoms in total. The predicted molar refractivity (Wildman–Crippen MR) is 109 cm³/mol. The number of terminal acetylenes is 1. The number of thiophene rings is 1. The molecule has 1 saturated carbocycles. The van der Waals surface area contributed by atoms with E-state index in [2.05, 4.69) is 11.2 Å². The molecule has 1 aromatic carbocycles. The van der Waals surface area contributed by atoms with Crippen molar-refractivity contribution in [3.63, 3.8) is 0 Å². The van der Waals surface area contributed by atoms with Crippen molar-refractivity contribution in [3.05, 3.63) is 71.0 Å². The molecule has 2 amide bonds. The third-order valence-corrected chi connectivity index (χ3v) is 5.46. The number of amides is 2. The molecule has 140 valence electrons. The summed E-state index contributed by atoms with van der Waals surface area (Å²) in [6.45, 7) is 0.279. The fraction of sp³-hybridized carbons (Fsp3) is 0.182. The third kappa shape index (κ3) is 4.00. The fourth-order valence-corrected chi connectivity index (χ4v) is 3.68. The van der Waals surface area contributed by atoms with Crippen LogP contribution >= 0.6 is 11.3 Å². The molecule has 0 radical (unpaired) electrons. The second kappa shape index (κ2) is 7.75. The smallest absolute Gasteiger partial charge is 0.268 e. The van der Waals surface area contributed by atoms with Crippen LogP contribution in [0, 0.1) is 18.3 Å². The lowest BCUT2D eigenvalue weighted by molar-refractivity contribution is -0.117. The predicted octanol–water partition coefficient (Wildman–Crippen LogP) is 4.52. The van der Waals surface area contributed by atoms with Crippen LogP contribution in [0.25, 0.3) is 0 Å². The molecule has 6 heteroatoms. The highest BCUT2D eigenvalue weighted by Gasteiger charge is 2.30. The zero-order chi connectivity index (χ0) is 19.5. The maximum Gasteiger partial charge on any atom is 0.268 e. The van der Waals surface area contributed by atoms with E-state index in [4.69, 9.17) is 10.8 Å². The average Bonchev–Trinajstić information content (AvgIpc) is 3.25. The van der Waals surface area contributed by atoms with Crippen molar-refractivity contribution in [1.82, 2.24) is 0 Å². The van der Waals surface area contributed by atoms with Gasteiger partial charge in [0.25, 0.3) is 5.91 Å². The van der Waals surface area contributed by atoms with Gasteiger partial charge < -0.3 is 14.6 Å². The van der Waals surface area contributed by atoms with Crippen LogP contribution in [-0.2, 0) is 11.3 Å².